The largest absolute Gasteiger partial charge is 0.480 e. The van der Waals surface area contributed by atoms with Gasteiger partial charge in [0.1, 0.15) is 6.54 Å². The molecule has 1 aromatic carbocycles. The summed E-state index contributed by atoms with van der Waals surface area (Å²) < 4.78 is 0. The summed E-state index contributed by atoms with van der Waals surface area (Å²) in [4.78, 5) is 30.3. The lowest BCUT2D eigenvalue weighted by atomic mass is 10.2. The van der Waals surface area contributed by atoms with E-state index >= 15 is 0 Å². The van der Waals surface area contributed by atoms with Crippen LogP contribution in [-0.2, 0) is 4.79 Å². The van der Waals surface area contributed by atoms with Crippen LogP contribution in [0.15, 0.2) is 30.3 Å². The third kappa shape index (κ3) is 8.43. The number of amides is 3. The first-order chi connectivity index (χ1) is 7.93. The van der Waals surface area contributed by atoms with Gasteiger partial charge in [-0.25, -0.2) is 4.79 Å². The standard InChI is InChI=1S/C9H9NO3.CH4N2O/c11-8(12)6-10-9(13)7-4-2-1-3-5-7;2-1(3)4/h1-5H,6H2,(H,10,13)(H,11,12);(H4,2,3,4). The Bertz CT molecular complexity index is 388. The van der Waals surface area contributed by atoms with Crippen molar-refractivity contribution in [2.45, 2.75) is 0 Å². The summed E-state index contributed by atoms with van der Waals surface area (Å²) >= 11 is 0. The van der Waals surface area contributed by atoms with Crippen LogP contribution in [0.5, 0.6) is 0 Å². The molecule has 7 heteroatoms. The van der Waals surface area contributed by atoms with Crippen molar-refractivity contribution >= 4 is 17.9 Å². The van der Waals surface area contributed by atoms with E-state index < -0.39 is 12.0 Å². The highest BCUT2D eigenvalue weighted by molar-refractivity contribution is 5.95. The number of nitrogens with one attached hydrogen (secondary N) is 1. The van der Waals surface area contributed by atoms with Gasteiger partial charge in [-0.15, -0.1) is 0 Å². The molecule has 0 aromatic heterocycles. The topological polar surface area (TPSA) is 136 Å². The minimum atomic E-state index is -1.05. The molecule has 0 saturated carbocycles. The van der Waals surface area contributed by atoms with Crippen molar-refractivity contribution in [1.29, 1.82) is 0 Å². The molecule has 7 nitrogen and oxygen atoms in total. The van der Waals surface area contributed by atoms with Gasteiger partial charge in [0.2, 0.25) is 0 Å². The maximum atomic E-state index is 11.2. The van der Waals surface area contributed by atoms with Crippen molar-refractivity contribution in [3.63, 3.8) is 0 Å². The summed E-state index contributed by atoms with van der Waals surface area (Å²) in [6.07, 6.45) is 0. The summed E-state index contributed by atoms with van der Waals surface area (Å²) in [7, 11) is 0. The van der Waals surface area contributed by atoms with Crippen LogP contribution < -0.4 is 16.8 Å². The molecule has 0 heterocycles. The molecule has 6 N–H and O–H groups in total. The van der Waals surface area contributed by atoms with Gasteiger partial charge >= 0.3 is 12.0 Å². The molecule has 17 heavy (non-hydrogen) atoms. The summed E-state index contributed by atoms with van der Waals surface area (Å²) in [6.45, 7) is -0.353. The monoisotopic (exact) mass is 239 g/mol. The van der Waals surface area contributed by atoms with Crippen molar-refractivity contribution in [1.82, 2.24) is 5.32 Å². The van der Waals surface area contributed by atoms with E-state index in [9.17, 15) is 9.59 Å². The molecule has 0 fully saturated rings. The minimum Gasteiger partial charge on any atom is -0.480 e. The van der Waals surface area contributed by atoms with Crippen molar-refractivity contribution in [2.75, 3.05) is 6.54 Å². The highest BCUT2D eigenvalue weighted by atomic mass is 16.4. The number of carbonyl (C=O) groups is 3. The fourth-order valence-corrected chi connectivity index (χ4v) is 0.847. The molecular formula is C10H13N3O4. The number of aliphatic carboxylic acids is 1. The van der Waals surface area contributed by atoms with Crippen molar-refractivity contribution < 1.29 is 19.5 Å². The molecule has 1 aromatic rings. The van der Waals surface area contributed by atoms with Gasteiger partial charge in [0, 0.05) is 5.56 Å². The average Bonchev–Trinajstić information content (AvgIpc) is 2.26. The molecule has 0 aliphatic carbocycles. The zero-order valence-corrected chi connectivity index (χ0v) is 8.92. The Morgan fingerprint density at radius 3 is 2.00 bits per heavy atom. The van der Waals surface area contributed by atoms with Crippen LogP contribution in [0.1, 0.15) is 10.4 Å². The highest BCUT2D eigenvalue weighted by Crippen LogP contribution is 1.96. The number of hydrogen-bond donors (Lipinski definition) is 4. The van der Waals surface area contributed by atoms with E-state index in [-0.39, 0.29) is 12.5 Å². The zero-order valence-electron chi connectivity index (χ0n) is 8.92. The minimum absolute atomic E-state index is 0.353. The molecule has 0 unspecified atom stereocenters. The number of urea groups is 1. The van der Waals surface area contributed by atoms with Crippen molar-refractivity contribution in [2.24, 2.45) is 11.5 Å². The van der Waals surface area contributed by atoms with Crippen molar-refractivity contribution in [3.05, 3.63) is 35.9 Å². The molecule has 0 radical (unpaired) electrons. The molecular weight excluding hydrogens is 226 g/mol. The third-order valence-corrected chi connectivity index (χ3v) is 1.44. The predicted molar refractivity (Wildman–Crippen MR) is 60.2 cm³/mol. The van der Waals surface area contributed by atoms with Gasteiger partial charge in [-0.3, -0.25) is 9.59 Å². The third-order valence-electron chi connectivity index (χ3n) is 1.44. The van der Waals surface area contributed by atoms with Crippen LogP contribution in [0.2, 0.25) is 0 Å². The van der Waals surface area contributed by atoms with Crippen LogP contribution in [-0.4, -0.2) is 29.6 Å². The van der Waals surface area contributed by atoms with Crippen LogP contribution in [0.25, 0.3) is 0 Å². The Labute approximate surface area is 97.4 Å². The Balaban J connectivity index is 0.000000557. The first-order valence-electron chi connectivity index (χ1n) is 4.53. The van der Waals surface area contributed by atoms with E-state index in [1.807, 2.05) is 0 Å². The molecule has 0 atom stereocenters. The first-order valence-corrected chi connectivity index (χ1v) is 4.53. The van der Waals surface area contributed by atoms with Crippen LogP contribution in [0.3, 0.4) is 0 Å². The maximum absolute atomic E-state index is 11.2. The smallest absolute Gasteiger partial charge is 0.322 e. The second-order valence-corrected chi connectivity index (χ2v) is 2.84. The van der Waals surface area contributed by atoms with Gasteiger partial charge < -0.3 is 21.9 Å². The number of primary amides is 2. The lowest BCUT2D eigenvalue weighted by molar-refractivity contribution is -0.135. The molecule has 1 rings (SSSR count). The second kappa shape index (κ2) is 7.69. The molecule has 3 amide bonds. The normalized spacial score (nSPS) is 8.47. The Hall–Kier alpha value is -2.57. The number of carboxylic acids is 1. The SMILES string of the molecule is NC(N)=O.O=C(O)CNC(=O)c1ccccc1. The Morgan fingerprint density at radius 1 is 1.12 bits per heavy atom. The van der Waals surface area contributed by atoms with Gasteiger partial charge in [0.25, 0.3) is 5.91 Å². The van der Waals surface area contributed by atoms with Crippen LogP contribution in [0, 0.1) is 0 Å². The quantitative estimate of drug-likeness (QED) is 0.566. The number of hydrogen-bond acceptors (Lipinski definition) is 3. The number of carbonyl (C=O) groups excluding carboxylic acids is 2. The van der Waals surface area contributed by atoms with Crippen molar-refractivity contribution in [3.8, 4) is 0 Å². The van der Waals surface area contributed by atoms with Gasteiger partial charge in [0.05, 0.1) is 0 Å². The molecule has 0 aliphatic heterocycles. The second-order valence-electron chi connectivity index (χ2n) is 2.84. The Kier molecular flexibility index (Phi) is 6.52. The van der Waals surface area contributed by atoms with E-state index in [0.717, 1.165) is 0 Å². The zero-order chi connectivity index (χ0) is 13.3. The molecule has 0 spiro atoms. The molecule has 0 bridgehead atoms. The number of carboxylic acid groups (broad SMARTS) is 1. The number of benzene rings is 1. The summed E-state index contributed by atoms with van der Waals surface area (Å²) in [6, 6.07) is 7.63. The van der Waals surface area contributed by atoms with E-state index in [1.54, 1.807) is 30.3 Å². The summed E-state index contributed by atoms with van der Waals surface area (Å²) in [5.41, 5.74) is 8.96. The number of rotatable bonds is 3. The van der Waals surface area contributed by atoms with Gasteiger partial charge in [0.15, 0.2) is 0 Å². The van der Waals surface area contributed by atoms with Gasteiger partial charge in [-0.1, -0.05) is 18.2 Å². The lowest BCUT2D eigenvalue weighted by Gasteiger charge is -2.00. The van der Waals surface area contributed by atoms with Gasteiger partial charge in [-0.05, 0) is 12.1 Å². The van der Waals surface area contributed by atoms with E-state index in [1.165, 1.54) is 0 Å². The average molecular weight is 239 g/mol. The van der Waals surface area contributed by atoms with E-state index in [2.05, 4.69) is 16.8 Å². The number of nitrogens with two attached hydrogens (primary N) is 2. The van der Waals surface area contributed by atoms with Gasteiger partial charge in [-0.2, -0.15) is 0 Å². The summed E-state index contributed by atoms with van der Waals surface area (Å²) in [5.74, 6) is -1.42. The maximum Gasteiger partial charge on any atom is 0.322 e. The molecule has 0 saturated heterocycles. The van der Waals surface area contributed by atoms with E-state index in [0.29, 0.717) is 5.56 Å². The predicted octanol–water partition coefficient (Wildman–Crippen LogP) is -0.475. The van der Waals surface area contributed by atoms with Crippen LogP contribution >= 0.6 is 0 Å². The fourth-order valence-electron chi connectivity index (χ4n) is 0.847. The molecule has 92 valence electrons. The first kappa shape index (κ1) is 14.4. The van der Waals surface area contributed by atoms with E-state index in [4.69, 9.17) is 9.90 Å². The summed E-state index contributed by atoms with van der Waals surface area (Å²) in [5, 5.41) is 10.6. The Morgan fingerprint density at radius 2 is 1.59 bits per heavy atom. The molecule has 0 aliphatic rings. The fraction of sp³-hybridized carbons (Fsp3) is 0.100. The highest BCUT2D eigenvalue weighted by Gasteiger charge is 2.04. The van der Waals surface area contributed by atoms with Crippen LogP contribution in [0.4, 0.5) is 4.79 Å². The lowest BCUT2D eigenvalue weighted by Crippen LogP contribution is -2.29.